The van der Waals surface area contributed by atoms with Gasteiger partial charge in [0, 0.05) is 5.41 Å². The van der Waals surface area contributed by atoms with Gasteiger partial charge < -0.3 is 24.4 Å². The van der Waals surface area contributed by atoms with Gasteiger partial charge in [-0.1, -0.05) is 38.1 Å². The van der Waals surface area contributed by atoms with Crippen molar-refractivity contribution in [1.82, 2.24) is 0 Å². The Kier molecular flexibility index (Phi) is 9.43. The van der Waals surface area contributed by atoms with Crippen LogP contribution >= 0.6 is 11.6 Å². The minimum Gasteiger partial charge on any atom is -0.491 e. The van der Waals surface area contributed by atoms with Gasteiger partial charge >= 0.3 is 0 Å². The van der Waals surface area contributed by atoms with E-state index in [-0.39, 0.29) is 37.2 Å². The maximum atomic E-state index is 9.92. The minimum atomic E-state index is -0.674. The zero-order valence-electron chi connectivity index (χ0n) is 18.2. The summed E-state index contributed by atoms with van der Waals surface area (Å²) in [5.74, 6) is 1.55. The first-order valence-electron chi connectivity index (χ1n) is 10.2. The number of hydrogen-bond acceptors (Lipinski definition) is 5. The van der Waals surface area contributed by atoms with Crippen LogP contribution in [0.25, 0.3) is 0 Å². The molecule has 0 heterocycles. The number of alkyl halides is 1. The van der Waals surface area contributed by atoms with Gasteiger partial charge in [-0.25, -0.2) is 0 Å². The zero-order valence-corrected chi connectivity index (χ0v) is 18.9. The van der Waals surface area contributed by atoms with E-state index < -0.39 is 12.2 Å². The van der Waals surface area contributed by atoms with Gasteiger partial charge in [-0.05, 0) is 49.2 Å². The summed E-state index contributed by atoms with van der Waals surface area (Å²) in [5.41, 5.74) is 2.07. The summed E-state index contributed by atoms with van der Waals surface area (Å²) < 4.78 is 16.6. The molecule has 5 nitrogen and oxygen atoms in total. The van der Waals surface area contributed by atoms with Crippen LogP contribution in [0, 0.1) is 0 Å². The van der Waals surface area contributed by atoms with Crippen molar-refractivity contribution in [3.63, 3.8) is 0 Å². The van der Waals surface area contributed by atoms with E-state index in [1.54, 1.807) is 0 Å². The first-order chi connectivity index (χ1) is 14.2. The topological polar surface area (TPSA) is 68.2 Å². The molecule has 2 aromatic rings. The summed E-state index contributed by atoms with van der Waals surface area (Å²) in [5, 5.41) is 19.4. The Morgan fingerprint density at radius 2 is 1.20 bits per heavy atom. The molecule has 0 aliphatic heterocycles. The molecule has 0 radical (unpaired) electrons. The van der Waals surface area contributed by atoms with Gasteiger partial charge in [-0.2, -0.15) is 0 Å². The third kappa shape index (κ3) is 7.47. The van der Waals surface area contributed by atoms with E-state index >= 15 is 0 Å². The fraction of sp³-hybridized carbons (Fsp3) is 0.500. The van der Waals surface area contributed by atoms with Crippen LogP contribution in [0.4, 0.5) is 0 Å². The van der Waals surface area contributed by atoms with Crippen LogP contribution < -0.4 is 9.47 Å². The average molecular weight is 437 g/mol. The molecule has 0 spiro atoms. The molecule has 2 aromatic carbocycles. The van der Waals surface area contributed by atoms with Crippen LogP contribution in [0.15, 0.2) is 48.5 Å². The molecular weight excluding hydrogens is 404 g/mol. The molecule has 2 unspecified atom stereocenters. The van der Waals surface area contributed by atoms with Crippen molar-refractivity contribution in [2.24, 2.45) is 0 Å². The highest BCUT2D eigenvalue weighted by molar-refractivity contribution is 6.18. The van der Waals surface area contributed by atoms with Crippen molar-refractivity contribution < 1.29 is 24.4 Å². The maximum absolute atomic E-state index is 9.92. The fourth-order valence-electron chi connectivity index (χ4n) is 2.88. The highest BCUT2D eigenvalue weighted by atomic mass is 35.5. The van der Waals surface area contributed by atoms with E-state index in [1.807, 2.05) is 62.4 Å². The third-order valence-corrected chi connectivity index (χ3v) is 5.19. The highest BCUT2D eigenvalue weighted by Gasteiger charge is 2.23. The Bertz CT molecular complexity index is 743. The van der Waals surface area contributed by atoms with E-state index in [0.717, 1.165) is 11.1 Å². The van der Waals surface area contributed by atoms with Crippen LogP contribution in [0.1, 0.15) is 38.8 Å². The number of aliphatic hydroxyl groups excluding tert-OH is 2. The normalized spacial score (nSPS) is 13.9. The Morgan fingerprint density at radius 3 is 1.60 bits per heavy atom. The molecule has 0 aromatic heterocycles. The first-order valence-corrected chi connectivity index (χ1v) is 10.8. The van der Waals surface area contributed by atoms with E-state index in [2.05, 4.69) is 13.8 Å². The molecule has 2 N–H and O–H groups in total. The van der Waals surface area contributed by atoms with Crippen LogP contribution in [0.3, 0.4) is 0 Å². The van der Waals surface area contributed by atoms with Crippen LogP contribution in [0.5, 0.6) is 11.5 Å². The number of rotatable bonds is 12. The molecule has 0 bridgehead atoms. The van der Waals surface area contributed by atoms with E-state index in [4.69, 9.17) is 25.8 Å². The largest absolute Gasteiger partial charge is 0.491 e. The lowest BCUT2D eigenvalue weighted by Gasteiger charge is -2.26. The van der Waals surface area contributed by atoms with Gasteiger partial charge in [0.1, 0.15) is 36.9 Å². The van der Waals surface area contributed by atoms with Gasteiger partial charge in [-0.3, -0.25) is 0 Å². The predicted octanol–water partition coefficient (Wildman–Crippen LogP) is 4.16. The van der Waals surface area contributed by atoms with Crippen molar-refractivity contribution in [3.8, 4) is 11.5 Å². The second-order valence-electron chi connectivity index (χ2n) is 8.14. The van der Waals surface area contributed by atoms with E-state index in [0.29, 0.717) is 11.5 Å². The monoisotopic (exact) mass is 436 g/mol. The summed E-state index contributed by atoms with van der Waals surface area (Å²) in [7, 11) is 0. The number of benzene rings is 2. The van der Waals surface area contributed by atoms with Crippen molar-refractivity contribution in [2.75, 3.05) is 25.7 Å². The number of hydrogen-bond donors (Lipinski definition) is 2. The Hall–Kier alpha value is -1.79. The van der Waals surface area contributed by atoms with Crippen molar-refractivity contribution in [2.45, 2.75) is 51.4 Å². The summed E-state index contributed by atoms with van der Waals surface area (Å²) in [4.78, 5) is 0. The van der Waals surface area contributed by atoms with Crippen LogP contribution in [-0.2, 0) is 10.2 Å². The second-order valence-corrected chi connectivity index (χ2v) is 8.45. The second kappa shape index (κ2) is 11.6. The Labute approximate surface area is 184 Å². The van der Waals surface area contributed by atoms with E-state index in [9.17, 15) is 10.2 Å². The molecule has 0 aliphatic rings. The lowest BCUT2D eigenvalue weighted by atomic mass is 9.78. The van der Waals surface area contributed by atoms with E-state index in [1.165, 1.54) is 0 Å². The standard InChI is InChI=1S/C24H33ClO5/c1-17(2)28-15-21(27)16-30-23-11-7-19(8-12-23)24(3,4)18-5-9-22(10-6-18)29-14-20(26)13-25/h5-12,17,20-21,26-27H,13-16H2,1-4H3. The van der Waals surface area contributed by atoms with Crippen LogP contribution in [-0.4, -0.2) is 54.2 Å². The van der Waals surface area contributed by atoms with Gasteiger partial charge in [0.05, 0.1) is 18.6 Å². The zero-order chi connectivity index (χ0) is 22.1. The third-order valence-electron chi connectivity index (χ3n) is 4.84. The molecule has 0 saturated carbocycles. The smallest absolute Gasteiger partial charge is 0.119 e. The Morgan fingerprint density at radius 1 is 0.767 bits per heavy atom. The summed E-state index contributed by atoms with van der Waals surface area (Å²) in [6.07, 6.45) is -1.25. The maximum Gasteiger partial charge on any atom is 0.119 e. The lowest BCUT2D eigenvalue weighted by molar-refractivity contribution is -0.0122. The number of halogens is 1. The average Bonchev–Trinajstić information content (AvgIpc) is 2.75. The van der Waals surface area contributed by atoms with Gasteiger partial charge in [0.25, 0.3) is 0 Å². The quantitative estimate of drug-likeness (QED) is 0.489. The van der Waals surface area contributed by atoms with Crippen LogP contribution in [0.2, 0.25) is 0 Å². The lowest BCUT2D eigenvalue weighted by Crippen LogP contribution is -2.25. The Balaban J connectivity index is 1.95. The van der Waals surface area contributed by atoms with Crippen molar-refractivity contribution in [1.29, 1.82) is 0 Å². The molecule has 0 aliphatic carbocycles. The molecule has 0 saturated heterocycles. The molecule has 2 atom stereocenters. The van der Waals surface area contributed by atoms with Crippen molar-refractivity contribution in [3.05, 3.63) is 59.7 Å². The molecule has 30 heavy (non-hydrogen) atoms. The molecule has 166 valence electrons. The van der Waals surface area contributed by atoms with Gasteiger partial charge in [0.2, 0.25) is 0 Å². The first kappa shape index (κ1) is 24.5. The predicted molar refractivity (Wildman–Crippen MR) is 120 cm³/mol. The summed E-state index contributed by atoms with van der Waals surface area (Å²) in [6, 6.07) is 15.7. The summed E-state index contributed by atoms with van der Waals surface area (Å²) in [6.45, 7) is 8.79. The fourth-order valence-corrected chi connectivity index (χ4v) is 2.97. The van der Waals surface area contributed by atoms with Gasteiger partial charge in [-0.15, -0.1) is 11.6 Å². The molecule has 6 heteroatoms. The molecular formula is C24H33ClO5. The van der Waals surface area contributed by atoms with Crippen molar-refractivity contribution >= 4 is 11.6 Å². The SMILES string of the molecule is CC(C)OCC(O)COc1ccc(C(C)(C)c2ccc(OCC(O)CCl)cc2)cc1. The number of ether oxygens (including phenoxy) is 3. The molecule has 2 rings (SSSR count). The number of aliphatic hydroxyl groups is 2. The highest BCUT2D eigenvalue weighted by Crippen LogP contribution is 2.33. The van der Waals surface area contributed by atoms with Gasteiger partial charge in [0.15, 0.2) is 0 Å². The summed E-state index contributed by atoms with van der Waals surface area (Å²) >= 11 is 5.59. The molecule has 0 amide bonds. The minimum absolute atomic E-state index is 0.0824. The molecule has 0 fully saturated rings.